The zero-order valence-electron chi connectivity index (χ0n) is 12.1. The van der Waals surface area contributed by atoms with Crippen molar-refractivity contribution in [2.75, 3.05) is 13.7 Å². The fourth-order valence-electron chi connectivity index (χ4n) is 3.26. The SMILES string of the molecule is COc1cccc(CC2(CC(C)C)CCCN2)c1F. The van der Waals surface area contributed by atoms with Crippen molar-refractivity contribution in [2.45, 2.75) is 45.1 Å². The molecule has 1 heterocycles. The molecule has 0 aliphatic carbocycles. The summed E-state index contributed by atoms with van der Waals surface area (Å²) in [5.41, 5.74) is 0.816. The van der Waals surface area contributed by atoms with Crippen LogP contribution in [0.25, 0.3) is 0 Å². The summed E-state index contributed by atoms with van der Waals surface area (Å²) in [5, 5.41) is 3.61. The normalized spacial score (nSPS) is 23.0. The number of halogens is 1. The van der Waals surface area contributed by atoms with Gasteiger partial charge in [0, 0.05) is 5.54 Å². The minimum Gasteiger partial charge on any atom is -0.494 e. The Morgan fingerprint density at radius 3 is 2.79 bits per heavy atom. The second-order valence-electron chi connectivity index (χ2n) is 6.02. The van der Waals surface area contributed by atoms with Crippen molar-refractivity contribution < 1.29 is 9.13 Å². The summed E-state index contributed by atoms with van der Waals surface area (Å²) < 4.78 is 19.3. The fourth-order valence-corrected chi connectivity index (χ4v) is 3.26. The molecular weight excluding hydrogens is 241 g/mol. The summed E-state index contributed by atoms with van der Waals surface area (Å²) in [5.74, 6) is 0.747. The number of methoxy groups -OCH3 is 1. The van der Waals surface area contributed by atoms with E-state index in [0.29, 0.717) is 11.7 Å². The molecule has 1 aromatic rings. The van der Waals surface area contributed by atoms with Gasteiger partial charge in [-0.2, -0.15) is 0 Å². The van der Waals surface area contributed by atoms with Gasteiger partial charge >= 0.3 is 0 Å². The molecule has 3 heteroatoms. The van der Waals surface area contributed by atoms with Gasteiger partial charge in [-0.15, -0.1) is 0 Å². The van der Waals surface area contributed by atoms with E-state index in [1.165, 1.54) is 13.5 Å². The molecule has 0 saturated carbocycles. The largest absolute Gasteiger partial charge is 0.494 e. The summed E-state index contributed by atoms with van der Waals surface area (Å²) in [6, 6.07) is 5.42. The lowest BCUT2D eigenvalue weighted by atomic mass is 9.82. The maximum atomic E-state index is 14.3. The molecule has 0 radical (unpaired) electrons. The molecule has 1 N–H and O–H groups in total. The summed E-state index contributed by atoms with van der Waals surface area (Å²) in [7, 11) is 1.51. The highest BCUT2D eigenvalue weighted by atomic mass is 19.1. The van der Waals surface area contributed by atoms with Gasteiger partial charge in [-0.1, -0.05) is 26.0 Å². The Balaban J connectivity index is 2.22. The lowest BCUT2D eigenvalue weighted by Gasteiger charge is -2.32. The van der Waals surface area contributed by atoms with Crippen LogP contribution in [0.1, 0.15) is 38.7 Å². The van der Waals surface area contributed by atoms with E-state index in [1.54, 1.807) is 6.07 Å². The molecule has 1 aliphatic rings. The predicted octanol–water partition coefficient (Wildman–Crippen LogP) is 3.55. The second-order valence-corrected chi connectivity index (χ2v) is 6.02. The Hall–Kier alpha value is -1.09. The van der Waals surface area contributed by atoms with Crippen LogP contribution >= 0.6 is 0 Å². The summed E-state index contributed by atoms with van der Waals surface area (Å²) >= 11 is 0. The Morgan fingerprint density at radius 2 is 2.21 bits per heavy atom. The van der Waals surface area contributed by atoms with Gasteiger partial charge < -0.3 is 10.1 Å². The number of rotatable bonds is 5. The molecule has 1 aliphatic heterocycles. The number of ether oxygens (including phenoxy) is 1. The zero-order valence-corrected chi connectivity index (χ0v) is 12.1. The van der Waals surface area contributed by atoms with Crippen LogP contribution in [-0.4, -0.2) is 19.2 Å². The molecule has 2 nitrogen and oxygen atoms in total. The Morgan fingerprint density at radius 1 is 1.42 bits per heavy atom. The van der Waals surface area contributed by atoms with Crippen molar-refractivity contribution in [3.05, 3.63) is 29.6 Å². The number of nitrogens with one attached hydrogen (secondary N) is 1. The molecule has 0 spiro atoms. The number of benzene rings is 1. The highest BCUT2D eigenvalue weighted by Gasteiger charge is 2.35. The van der Waals surface area contributed by atoms with Gasteiger partial charge in [0.2, 0.25) is 0 Å². The van der Waals surface area contributed by atoms with E-state index in [0.717, 1.165) is 31.4 Å². The fraction of sp³-hybridized carbons (Fsp3) is 0.625. The van der Waals surface area contributed by atoms with Crippen molar-refractivity contribution in [2.24, 2.45) is 5.92 Å². The third-order valence-corrected chi connectivity index (χ3v) is 3.92. The van der Waals surface area contributed by atoms with Crippen LogP contribution in [0.5, 0.6) is 5.75 Å². The van der Waals surface area contributed by atoms with E-state index in [9.17, 15) is 4.39 Å². The zero-order chi connectivity index (χ0) is 13.9. The van der Waals surface area contributed by atoms with Crippen LogP contribution in [0, 0.1) is 11.7 Å². The number of hydrogen-bond acceptors (Lipinski definition) is 2. The molecule has 0 aromatic heterocycles. The first-order chi connectivity index (χ1) is 9.06. The van der Waals surface area contributed by atoms with Crippen molar-refractivity contribution >= 4 is 0 Å². The van der Waals surface area contributed by atoms with Gasteiger partial charge in [-0.05, 0) is 49.8 Å². The molecule has 0 bridgehead atoms. The molecule has 2 rings (SSSR count). The van der Waals surface area contributed by atoms with Crippen LogP contribution in [0.3, 0.4) is 0 Å². The third-order valence-electron chi connectivity index (χ3n) is 3.92. The van der Waals surface area contributed by atoms with Crippen molar-refractivity contribution in [1.29, 1.82) is 0 Å². The maximum Gasteiger partial charge on any atom is 0.168 e. The Bertz CT molecular complexity index is 425. The molecule has 106 valence electrons. The average molecular weight is 265 g/mol. The van der Waals surface area contributed by atoms with E-state index in [4.69, 9.17) is 4.74 Å². The first kappa shape index (κ1) is 14.3. The number of hydrogen-bond donors (Lipinski definition) is 1. The van der Waals surface area contributed by atoms with Crippen molar-refractivity contribution in [1.82, 2.24) is 5.32 Å². The van der Waals surface area contributed by atoms with Crippen LogP contribution in [0.2, 0.25) is 0 Å². The average Bonchev–Trinajstić information content (AvgIpc) is 2.79. The van der Waals surface area contributed by atoms with E-state index in [2.05, 4.69) is 19.2 Å². The van der Waals surface area contributed by atoms with Gasteiger partial charge in [0.05, 0.1) is 7.11 Å². The standard InChI is InChI=1S/C16H24FNO/c1-12(2)10-16(8-5-9-18-16)11-13-6-4-7-14(19-3)15(13)17/h4,6-7,12,18H,5,8-11H2,1-3H3. The van der Waals surface area contributed by atoms with Gasteiger partial charge in [-0.25, -0.2) is 4.39 Å². The maximum absolute atomic E-state index is 14.3. The van der Waals surface area contributed by atoms with Crippen molar-refractivity contribution in [3.63, 3.8) is 0 Å². The van der Waals surface area contributed by atoms with E-state index in [-0.39, 0.29) is 11.4 Å². The minimum absolute atomic E-state index is 0.0569. The Kier molecular flexibility index (Phi) is 4.46. The van der Waals surface area contributed by atoms with Crippen LogP contribution in [0.15, 0.2) is 18.2 Å². The molecule has 1 aromatic carbocycles. The predicted molar refractivity (Wildman–Crippen MR) is 76.1 cm³/mol. The third kappa shape index (κ3) is 3.27. The lowest BCUT2D eigenvalue weighted by Crippen LogP contribution is -2.43. The summed E-state index contributed by atoms with van der Waals surface area (Å²) in [4.78, 5) is 0. The molecule has 1 saturated heterocycles. The van der Waals surface area contributed by atoms with E-state index >= 15 is 0 Å². The molecule has 1 unspecified atom stereocenters. The van der Waals surface area contributed by atoms with Crippen LogP contribution < -0.4 is 10.1 Å². The Labute approximate surface area is 115 Å². The van der Waals surface area contributed by atoms with Gasteiger partial charge in [0.1, 0.15) is 0 Å². The molecule has 1 fully saturated rings. The minimum atomic E-state index is -0.207. The van der Waals surface area contributed by atoms with Crippen LogP contribution in [0.4, 0.5) is 4.39 Å². The molecular formula is C16H24FNO. The van der Waals surface area contributed by atoms with Gasteiger partial charge in [-0.3, -0.25) is 0 Å². The quantitative estimate of drug-likeness (QED) is 0.879. The summed E-state index contributed by atoms with van der Waals surface area (Å²) in [6.45, 7) is 5.49. The highest BCUT2D eigenvalue weighted by Crippen LogP contribution is 2.32. The van der Waals surface area contributed by atoms with Gasteiger partial charge in [0.15, 0.2) is 11.6 Å². The smallest absolute Gasteiger partial charge is 0.168 e. The van der Waals surface area contributed by atoms with Crippen molar-refractivity contribution in [3.8, 4) is 5.75 Å². The molecule has 1 atom stereocenters. The first-order valence-corrected chi connectivity index (χ1v) is 7.13. The van der Waals surface area contributed by atoms with E-state index in [1.807, 2.05) is 12.1 Å². The van der Waals surface area contributed by atoms with E-state index < -0.39 is 0 Å². The lowest BCUT2D eigenvalue weighted by molar-refractivity contribution is 0.296. The van der Waals surface area contributed by atoms with Crippen LogP contribution in [-0.2, 0) is 6.42 Å². The topological polar surface area (TPSA) is 21.3 Å². The monoisotopic (exact) mass is 265 g/mol. The second kappa shape index (κ2) is 5.91. The molecule has 0 amide bonds. The van der Waals surface area contributed by atoms with Gasteiger partial charge in [0.25, 0.3) is 0 Å². The molecule has 19 heavy (non-hydrogen) atoms. The summed E-state index contributed by atoms with van der Waals surface area (Å²) in [6.07, 6.45) is 4.14. The highest BCUT2D eigenvalue weighted by molar-refractivity contribution is 5.32. The first-order valence-electron chi connectivity index (χ1n) is 7.13.